The van der Waals surface area contributed by atoms with Gasteiger partial charge in [0.1, 0.15) is 0 Å². The van der Waals surface area contributed by atoms with Crippen molar-refractivity contribution in [3.63, 3.8) is 0 Å². The molecule has 0 nitrogen and oxygen atoms in total. The molecule has 0 radical (unpaired) electrons. The molecule has 2 rings (SSSR count). The van der Waals surface area contributed by atoms with Gasteiger partial charge in [-0.3, -0.25) is 0 Å². The predicted molar refractivity (Wildman–Crippen MR) is 79.8 cm³/mol. The molecule has 1 heteroatoms. The van der Waals surface area contributed by atoms with Gasteiger partial charge in [0, 0.05) is 9.79 Å². The second kappa shape index (κ2) is 8.89. The zero-order chi connectivity index (χ0) is 11.8. The van der Waals surface area contributed by atoms with E-state index in [1.165, 1.54) is 15.4 Å². The summed E-state index contributed by atoms with van der Waals surface area (Å²) in [6.45, 7) is 6.11. The Kier molecular flexibility index (Phi) is 8.25. The third kappa shape index (κ3) is 5.60. The molecule has 0 atom stereocenters. The Balaban J connectivity index is 0.000000811. The number of aryl methyl sites for hydroxylation is 1. The summed E-state index contributed by atoms with van der Waals surface area (Å²) in [5, 5.41) is 0. The van der Waals surface area contributed by atoms with Crippen molar-refractivity contribution in [1.82, 2.24) is 0 Å². The van der Waals surface area contributed by atoms with Gasteiger partial charge >= 0.3 is 0 Å². The van der Waals surface area contributed by atoms with Crippen LogP contribution < -0.4 is 0 Å². The van der Waals surface area contributed by atoms with Gasteiger partial charge in [0.15, 0.2) is 0 Å². The normalized spacial score (nSPS) is 8.65. The summed E-state index contributed by atoms with van der Waals surface area (Å²) in [5.41, 5.74) is 1.31. The van der Waals surface area contributed by atoms with Crippen molar-refractivity contribution in [2.45, 2.75) is 38.0 Å². The van der Waals surface area contributed by atoms with Crippen LogP contribution in [0.4, 0.5) is 0 Å². The van der Waals surface area contributed by atoms with E-state index in [-0.39, 0.29) is 7.43 Å². The van der Waals surface area contributed by atoms with E-state index in [2.05, 4.69) is 55.5 Å². The summed E-state index contributed by atoms with van der Waals surface area (Å²) in [7, 11) is 0. The molecule has 0 aliphatic rings. The second-order valence-electron chi connectivity index (χ2n) is 3.23. The fourth-order valence-corrected chi connectivity index (χ4v) is 2.07. The lowest BCUT2D eigenvalue weighted by Crippen LogP contribution is -1.74. The molecule has 0 fully saturated rings. The lowest BCUT2D eigenvalue weighted by Gasteiger charge is -2.01. The minimum absolute atomic E-state index is 0. The van der Waals surface area contributed by atoms with Crippen LogP contribution in [0.1, 0.15) is 26.8 Å². The highest BCUT2D eigenvalue weighted by Crippen LogP contribution is 2.26. The van der Waals surface area contributed by atoms with Crippen LogP contribution >= 0.6 is 11.8 Å². The highest BCUT2D eigenvalue weighted by atomic mass is 32.2. The molecule has 0 spiro atoms. The topological polar surface area (TPSA) is 0 Å². The fourth-order valence-electron chi connectivity index (χ4n) is 1.23. The van der Waals surface area contributed by atoms with Crippen molar-refractivity contribution in [3.05, 3.63) is 60.2 Å². The molecule has 0 bridgehead atoms. The van der Waals surface area contributed by atoms with Crippen LogP contribution in [-0.4, -0.2) is 0 Å². The van der Waals surface area contributed by atoms with Crippen LogP contribution in [0.2, 0.25) is 0 Å². The molecule has 0 aliphatic heterocycles. The monoisotopic (exact) mass is 246 g/mol. The maximum Gasteiger partial charge on any atom is 0.0122 e. The van der Waals surface area contributed by atoms with E-state index in [1.54, 1.807) is 11.8 Å². The molecule has 17 heavy (non-hydrogen) atoms. The van der Waals surface area contributed by atoms with Crippen LogP contribution in [0.5, 0.6) is 0 Å². The number of benzene rings is 2. The van der Waals surface area contributed by atoms with E-state index in [0.717, 1.165) is 0 Å². The molecule has 0 N–H and O–H groups in total. The molecular formula is C16H22S. The Hall–Kier alpha value is -1.21. The standard InChI is InChI=1S/C13H12S.C2H6.CH4/c1-11-7-9-13(10-8-11)14-12-5-3-2-4-6-12;1-2;/h2-10H,1H3;1-2H3;1H4. The molecule has 2 aromatic rings. The summed E-state index contributed by atoms with van der Waals surface area (Å²) in [6, 6.07) is 19.0. The zero-order valence-electron chi connectivity index (χ0n) is 10.1. The van der Waals surface area contributed by atoms with Gasteiger partial charge in [-0.1, -0.05) is 68.9 Å². The highest BCUT2D eigenvalue weighted by Gasteiger charge is 1.94. The van der Waals surface area contributed by atoms with Gasteiger partial charge in [-0.2, -0.15) is 0 Å². The van der Waals surface area contributed by atoms with Gasteiger partial charge in [-0.25, -0.2) is 0 Å². The Morgan fingerprint density at radius 2 is 1.18 bits per heavy atom. The van der Waals surface area contributed by atoms with E-state index < -0.39 is 0 Å². The third-order valence-corrected chi connectivity index (χ3v) is 3.02. The Morgan fingerprint density at radius 3 is 1.71 bits per heavy atom. The average molecular weight is 246 g/mol. The van der Waals surface area contributed by atoms with Crippen LogP contribution in [0, 0.1) is 6.92 Å². The highest BCUT2D eigenvalue weighted by molar-refractivity contribution is 7.99. The first kappa shape index (κ1) is 15.8. The lowest BCUT2D eigenvalue weighted by molar-refractivity contribution is 1.36. The first-order chi connectivity index (χ1) is 7.84. The van der Waals surface area contributed by atoms with Crippen molar-refractivity contribution in [2.75, 3.05) is 0 Å². The quantitative estimate of drug-likeness (QED) is 0.644. The summed E-state index contributed by atoms with van der Waals surface area (Å²) < 4.78 is 0. The number of hydrogen-bond acceptors (Lipinski definition) is 1. The van der Waals surface area contributed by atoms with Gasteiger partial charge in [0.05, 0.1) is 0 Å². The van der Waals surface area contributed by atoms with Crippen molar-refractivity contribution >= 4 is 11.8 Å². The Labute approximate surface area is 110 Å². The van der Waals surface area contributed by atoms with E-state index in [1.807, 2.05) is 19.9 Å². The zero-order valence-corrected chi connectivity index (χ0v) is 10.9. The van der Waals surface area contributed by atoms with E-state index >= 15 is 0 Å². The first-order valence-electron chi connectivity index (χ1n) is 5.64. The molecule has 0 saturated carbocycles. The third-order valence-electron chi connectivity index (χ3n) is 2.00. The van der Waals surface area contributed by atoms with Crippen LogP contribution in [0.3, 0.4) is 0 Å². The minimum atomic E-state index is 0. The van der Waals surface area contributed by atoms with E-state index in [4.69, 9.17) is 0 Å². The molecule has 0 saturated heterocycles. The maximum absolute atomic E-state index is 2.16. The lowest BCUT2D eigenvalue weighted by atomic mass is 10.2. The van der Waals surface area contributed by atoms with Gasteiger partial charge in [-0.15, -0.1) is 0 Å². The summed E-state index contributed by atoms with van der Waals surface area (Å²) in [4.78, 5) is 2.58. The van der Waals surface area contributed by atoms with Gasteiger partial charge in [-0.05, 0) is 31.2 Å². The largest absolute Gasteiger partial charge is 0.0901 e. The Bertz CT molecular complexity index is 390. The maximum atomic E-state index is 2.16. The number of rotatable bonds is 2. The molecule has 0 aromatic heterocycles. The summed E-state index contributed by atoms with van der Waals surface area (Å²) in [5.74, 6) is 0. The summed E-state index contributed by atoms with van der Waals surface area (Å²) >= 11 is 1.80. The average Bonchev–Trinajstić information content (AvgIpc) is 2.36. The second-order valence-corrected chi connectivity index (χ2v) is 4.38. The SMILES string of the molecule is C.CC.Cc1ccc(Sc2ccccc2)cc1. The molecule has 92 valence electrons. The molecule has 0 heterocycles. The van der Waals surface area contributed by atoms with Crippen LogP contribution in [0.25, 0.3) is 0 Å². The van der Waals surface area contributed by atoms with Gasteiger partial charge in [0.2, 0.25) is 0 Å². The predicted octanol–water partition coefficient (Wildman–Crippen LogP) is 5.81. The molecule has 0 amide bonds. The van der Waals surface area contributed by atoms with Crippen LogP contribution in [0.15, 0.2) is 64.4 Å². The van der Waals surface area contributed by atoms with Crippen molar-refractivity contribution in [2.24, 2.45) is 0 Å². The molecule has 0 unspecified atom stereocenters. The van der Waals surface area contributed by atoms with E-state index in [9.17, 15) is 0 Å². The molecule has 0 aliphatic carbocycles. The Morgan fingerprint density at radius 1 is 0.706 bits per heavy atom. The summed E-state index contributed by atoms with van der Waals surface area (Å²) in [6.07, 6.45) is 0. The molecular weight excluding hydrogens is 224 g/mol. The van der Waals surface area contributed by atoms with Gasteiger partial charge in [0.25, 0.3) is 0 Å². The smallest absolute Gasteiger partial charge is 0.0122 e. The van der Waals surface area contributed by atoms with Crippen molar-refractivity contribution in [1.29, 1.82) is 0 Å². The molecule has 2 aromatic carbocycles. The van der Waals surface area contributed by atoms with Gasteiger partial charge < -0.3 is 0 Å². The number of hydrogen-bond donors (Lipinski definition) is 0. The van der Waals surface area contributed by atoms with Crippen LogP contribution in [-0.2, 0) is 0 Å². The minimum Gasteiger partial charge on any atom is -0.0901 e. The van der Waals surface area contributed by atoms with Crippen molar-refractivity contribution < 1.29 is 0 Å². The van der Waals surface area contributed by atoms with E-state index in [0.29, 0.717) is 0 Å². The first-order valence-corrected chi connectivity index (χ1v) is 6.46. The fraction of sp³-hybridized carbons (Fsp3) is 0.250. The van der Waals surface area contributed by atoms with Crippen molar-refractivity contribution in [3.8, 4) is 0 Å².